The molecule has 1 N–H and O–H groups in total. The van der Waals surface area contributed by atoms with E-state index in [0.717, 1.165) is 24.5 Å². The molecule has 1 heterocycles. The largest absolute Gasteiger partial charge is 0.468 e. The lowest BCUT2D eigenvalue weighted by molar-refractivity contribution is -0.142. The molecule has 1 atom stereocenters. The van der Waals surface area contributed by atoms with E-state index in [0.29, 0.717) is 0 Å². The molecule has 0 aromatic heterocycles. The van der Waals surface area contributed by atoms with Gasteiger partial charge in [0.1, 0.15) is 6.04 Å². The first-order chi connectivity index (χ1) is 5.34. The van der Waals surface area contributed by atoms with E-state index in [1.165, 1.54) is 7.11 Å². The van der Waals surface area contributed by atoms with Crippen molar-refractivity contribution in [2.45, 2.75) is 12.5 Å². The van der Waals surface area contributed by atoms with Crippen LogP contribution in [0.4, 0.5) is 0 Å². The second-order valence-corrected chi connectivity index (χ2v) is 3.61. The fourth-order valence-electron chi connectivity index (χ4n) is 1.00. The molecule has 0 aliphatic carbocycles. The highest BCUT2D eigenvalue weighted by Crippen LogP contribution is 2.09. The summed E-state index contributed by atoms with van der Waals surface area (Å²) in [4.78, 5) is 11.0. The van der Waals surface area contributed by atoms with Gasteiger partial charge in [-0.2, -0.15) is 11.8 Å². The van der Waals surface area contributed by atoms with E-state index < -0.39 is 0 Å². The predicted molar refractivity (Wildman–Crippen MR) is 45.7 cm³/mol. The van der Waals surface area contributed by atoms with Crippen molar-refractivity contribution in [2.75, 3.05) is 25.2 Å². The molecule has 0 amide bonds. The predicted octanol–water partition coefficient (Wildman–Crippen LogP) is 0.254. The number of hydrogen-bond donors (Lipinski definition) is 1. The highest BCUT2D eigenvalue weighted by atomic mass is 32.2. The number of esters is 1. The molecule has 0 aromatic carbocycles. The van der Waals surface area contributed by atoms with Crippen LogP contribution in [0.2, 0.25) is 0 Å². The zero-order chi connectivity index (χ0) is 8.10. The van der Waals surface area contributed by atoms with Crippen LogP contribution < -0.4 is 5.32 Å². The Morgan fingerprint density at radius 2 is 2.55 bits per heavy atom. The third-order valence-electron chi connectivity index (χ3n) is 1.63. The maximum absolute atomic E-state index is 11.0. The maximum atomic E-state index is 11.0. The van der Waals surface area contributed by atoms with Gasteiger partial charge in [-0.25, -0.2) is 0 Å². The maximum Gasteiger partial charge on any atom is 0.323 e. The second-order valence-electron chi connectivity index (χ2n) is 2.46. The molecule has 4 heteroatoms. The number of thioether (sulfide) groups is 1. The summed E-state index contributed by atoms with van der Waals surface area (Å²) in [7, 11) is 1.43. The standard InChI is InChI=1S/C7H13NO2S/c1-10-7(9)6-5-11-4-2-3-8-6/h6,8H,2-5H2,1H3/t6-/m1/s1. The van der Waals surface area contributed by atoms with Gasteiger partial charge in [0.15, 0.2) is 0 Å². The molecular weight excluding hydrogens is 162 g/mol. The monoisotopic (exact) mass is 175 g/mol. The van der Waals surface area contributed by atoms with Gasteiger partial charge in [0.25, 0.3) is 0 Å². The Balaban J connectivity index is 2.36. The molecule has 0 aromatic rings. The number of carbonyl (C=O) groups excluding carboxylic acids is 1. The lowest BCUT2D eigenvalue weighted by Crippen LogP contribution is -2.38. The SMILES string of the molecule is COC(=O)[C@H]1CSCCCN1. The van der Waals surface area contributed by atoms with Gasteiger partial charge in [0.05, 0.1) is 7.11 Å². The Hall–Kier alpha value is -0.220. The molecule has 1 aliphatic heterocycles. The van der Waals surface area contributed by atoms with E-state index >= 15 is 0 Å². The molecule has 0 saturated carbocycles. The molecule has 1 rings (SSSR count). The molecule has 1 saturated heterocycles. The van der Waals surface area contributed by atoms with Crippen molar-refractivity contribution in [1.82, 2.24) is 5.32 Å². The smallest absolute Gasteiger partial charge is 0.323 e. The van der Waals surface area contributed by atoms with Crippen LogP contribution >= 0.6 is 11.8 Å². The molecular formula is C7H13NO2S. The lowest BCUT2D eigenvalue weighted by Gasteiger charge is -2.11. The minimum absolute atomic E-state index is 0.0903. The van der Waals surface area contributed by atoms with Gasteiger partial charge in [0, 0.05) is 5.75 Å². The number of nitrogens with one attached hydrogen (secondary N) is 1. The van der Waals surface area contributed by atoms with E-state index in [9.17, 15) is 4.79 Å². The number of ether oxygens (including phenoxy) is 1. The summed E-state index contributed by atoms with van der Waals surface area (Å²) in [6.07, 6.45) is 1.14. The summed E-state index contributed by atoms with van der Waals surface area (Å²) < 4.78 is 4.63. The highest BCUT2D eigenvalue weighted by Gasteiger charge is 2.19. The number of rotatable bonds is 1. The number of methoxy groups -OCH3 is 1. The van der Waals surface area contributed by atoms with Crippen LogP contribution in [0.1, 0.15) is 6.42 Å². The van der Waals surface area contributed by atoms with Crippen molar-refractivity contribution in [3.05, 3.63) is 0 Å². The fraction of sp³-hybridized carbons (Fsp3) is 0.857. The molecule has 1 fully saturated rings. The zero-order valence-corrected chi connectivity index (χ0v) is 7.45. The van der Waals surface area contributed by atoms with Crippen LogP contribution in [-0.2, 0) is 9.53 Å². The van der Waals surface area contributed by atoms with E-state index in [1.54, 1.807) is 11.8 Å². The van der Waals surface area contributed by atoms with Crippen LogP contribution in [0, 0.1) is 0 Å². The molecule has 0 bridgehead atoms. The zero-order valence-electron chi connectivity index (χ0n) is 6.63. The minimum Gasteiger partial charge on any atom is -0.468 e. The average Bonchev–Trinajstić information content (AvgIpc) is 2.30. The van der Waals surface area contributed by atoms with Gasteiger partial charge < -0.3 is 10.1 Å². The van der Waals surface area contributed by atoms with Gasteiger partial charge in [-0.05, 0) is 18.7 Å². The lowest BCUT2D eigenvalue weighted by atomic mass is 10.3. The van der Waals surface area contributed by atoms with Crippen molar-refractivity contribution >= 4 is 17.7 Å². The topological polar surface area (TPSA) is 38.3 Å². The van der Waals surface area contributed by atoms with Crippen LogP contribution in [-0.4, -0.2) is 37.2 Å². The first-order valence-corrected chi connectivity index (χ1v) is 4.89. The Morgan fingerprint density at radius 3 is 3.27 bits per heavy atom. The Morgan fingerprint density at radius 1 is 1.73 bits per heavy atom. The van der Waals surface area contributed by atoms with E-state index in [2.05, 4.69) is 10.1 Å². The van der Waals surface area contributed by atoms with Crippen molar-refractivity contribution < 1.29 is 9.53 Å². The summed E-state index contributed by atoms with van der Waals surface area (Å²) in [5.74, 6) is 1.84. The molecule has 1 aliphatic rings. The molecule has 0 unspecified atom stereocenters. The third-order valence-corrected chi connectivity index (χ3v) is 2.77. The number of carbonyl (C=O) groups is 1. The van der Waals surface area contributed by atoms with Crippen LogP contribution in [0.3, 0.4) is 0 Å². The van der Waals surface area contributed by atoms with Crippen LogP contribution in [0.25, 0.3) is 0 Å². The van der Waals surface area contributed by atoms with Crippen molar-refractivity contribution in [3.8, 4) is 0 Å². The normalized spacial score (nSPS) is 25.7. The van der Waals surface area contributed by atoms with Crippen molar-refractivity contribution in [3.63, 3.8) is 0 Å². The third kappa shape index (κ3) is 2.71. The number of hydrogen-bond acceptors (Lipinski definition) is 4. The van der Waals surface area contributed by atoms with Gasteiger partial charge in [-0.15, -0.1) is 0 Å². The summed E-state index contributed by atoms with van der Waals surface area (Å²) in [5, 5.41) is 3.14. The van der Waals surface area contributed by atoms with Crippen molar-refractivity contribution in [1.29, 1.82) is 0 Å². The highest BCUT2D eigenvalue weighted by molar-refractivity contribution is 7.99. The first-order valence-electron chi connectivity index (χ1n) is 3.73. The van der Waals surface area contributed by atoms with E-state index in [4.69, 9.17) is 0 Å². The Bertz CT molecular complexity index is 132. The Labute approximate surface area is 70.9 Å². The van der Waals surface area contributed by atoms with Gasteiger partial charge >= 0.3 is 5.97 Å². The first kappa shape index (κ1) is 8.87. The molecule has 0 spiro atoms. The molecule has 64 valence electrons. The Kier molecular flexibility index (Phi) is 3.72. The van der Waals surface area contributed by atoms with E-state index in [1.807, 2.05) is 0 Å². The van der Waals surface area contributed by atoms with Crippen molar-refractivity contribution in [2.24, 2.45) is 0 Å². The molecule has 11 heavy (non-hydrogen) atoms. The van der Waals surface area contributed by atoms with E-state index in [-0.39, 0.29) is 12.0 Å². The van der Waals surface area contributed by atoms with Gasteiger partial charge in [-0.1, -0.05) is 0 Å². The van der Waals surface area contributed by atoms with Crippen LogP contribution in [0.15, 0.2) is 0 Å². The van der Waals surface area contributed by atoms with Gasteiger partial charge in [-0.3, -0.25) is 4.79 Å². The summed E-state index contributed by atoms with van der Waals surface area (Å²) >= 11 is 1.80. The minimum atomic E-state index is -0.139. The quantitative estimate of drug-likeness (QED) is 0.580. The summed E-state index contributed by atoms with van der Waals surface area (Å²) in [6.45, 7) is 0.923. The average molecular weight is 175 g/mol. The summed E-state index contributed by atoms with van der Waals surface area (Å²) in [6, 6.07) is -0.0903. The summed E-state index contributed by atoms with van der Waals surface area (Å²) in [5.41, 5.74) is 0. The second kappa shape index (κ2) is 4.62. The van der Waals surface area contributed by atoms with Crippen LogP contribution in [0.5, 0.6) is 0 Å². The fourth-order valence-corrected chi connectivity index (χ4v) is 2.01. The van der Waals surface area contributed by atoms with Gasteiger partial charge in [0.2, 0.25) is 0 Å². The molecule has 3 nitrogen and oxygen atoms in total. The molecule has 0 radical (unpaired) electrons.